The molecule has 2 N–H and O–H groups in total. The van der Waals surface area contributed by atoms with Gasteiger partial charge in [0.05, 0.1) is 11.7 Å². The van der Waals surface area contributed by atoms with E-state index in [0.29, 0.717) is 5.56 Å². The molecule has 0 aliphatic carbocycles. The van der Waals surface area contributed by atoms with Crippen LogP contribution in [0.25, 0.3) is 10.9 Å². The number of aromatic nitrogens is 2. The van der Waals surface area contributed by atoms with Crippen molar-refractivity contribution < 1.29 is 9.90 Å². The number of benzene rings is 1. The predicted molar refractivity (Wildman–Crippen MR) is 92.1 cm³/mol. The Hall–Kier alpha value is -2.18. The highest BCUT2D eigenvalue weighted by atomic mass is 79.9. The second-order valence-corrected chi connectivity index (χ2v) is 6.28. The van der Waals surface area contributed by atoms with Gasteiger partial charge in [-0.2, -0.15) is 0 Å². The first-order valence-electron chi connectivity index (χ1n) is 7.16. The monoisotopic (exact) mass is 373 g/mol. The summed E-state index contributed by atoms with van der Waals surface area (Å²) in [6.07, 6.45) is 4.31. The van der Waals surface area contributed by atoms with Crippen LogP contribution in [-0.4, -0.2) is 27.1 Å². The van der Waals surface area contributed by atoms with Crippen molar-refractivity contribution in [3.63, 3.8) is 0 Å². The highest BCUT2D eigenvalue weighted by molar-refractivity contribution is 9.10. The first kappa shape index (κ1) is 15.7. The maximum atomic E-state index is 12.1. The largest absolute Gasteiger partial charge is 0.387 e. The molecule has 2 aromatic heterocycles. The highest BCUT2D eigenvalue weighted by Gasteiger charge is 2.12. The molecule has 3 aromatic rings. The number of halogens is 1. The van der Waals surface area contributed by atoms with Crippen molar-refractivity contribution in [2.45, 2.75) is 6.10 Å². The minimum atomic E-state index is -0.760. The fourth-order valence-corrected chi connectivity index (χ4v) is 2.82. The first-order valence-corrected chi connectivity index (χ1v) is 7.95. The summed E-state index contributed by atoms with van der Waals surface area (Å²) in [6.45, 7) is 0.143. The Morgan fingerprint density at radius 1 is 1.35 bits per heavy atom. The Kier molecular flexibility index (Phi) is 4.45. The van der Waals surface area contributed by atoms with Crippen LogP contribution >= 0.6 is 15.9 Å². The Labute approximate surface area is 142 Å². The summed E-state index contributed by atoms with van der Waals surface area (Å²) in [4.78, 5) is 16.0. The highest BCUT2D eigenvalue weighted by Crippen LogP contribution is 2.21. The molecule has 1 unspecified atom stereocenters. The van der Waals surface area contributed by atoms with Gasteiger partial charge in [-0.1, -0.05) is 6.07 Å². The van der Waals surface area contributed by atoms with Crippen LogP contribution in [0, 0.1) is 0 Å². The molecule has 1 atom stereocenters. The van der Waals surface area contributed by atoms with Gasteiger partial charge in [0.25, 0.3) is 5.91 Å². The number of carbonyl (C=O) groups is 1. The molecule has 0 spiro atoms. The van der Waals surface area contributed by atoms with Crippen molar-refractivity contribution in [3.05, 3.63) is 64.5 Å². The molecular formula is C17H16BrN3O2. The second kappa shape index (κ2) is 6.52. The molecule has 1 aromatic carbocycles. The van der Waals surface area contributed by atoms with Crippen LogP contribution in [0.2, 0.25) is 0 Å². The Morgan fingerprint density at radius 3 is 2.96 bits per heavy atom. The van der Waals surface area contributed by atoms with Crippen LogP contribution < -0.4 is 5.32 Å². The van der Waals surface area contributed by atoms with E-state index in [1.807, 2.05) is 42.1 Å². The zero-order valence-corrected chi connectivity index (χ0v) is 14.1. The molecule has 23 heavy (non-hydrogen) atoms. The number of hydrogen-bond acceptors (Lipinski definition) is 3. The van der Waals surface area contributed by atoms with Crippen LogP contribution in [0.4, 0.5) is 0 Å². The number of aliphatic hydroxyl groups is 1. The summed E-state index contributed by atoms with van der Waals surface area (Å²) in [7, 11) is 1.98. The normalized spacial score (nSPS) is 12.3. The van der Waals surface area contributed by atoms with Crippen molar-refractivity contribution in [2.24, 2.45) is 7.05 Å². The van der Waals surface area contributed by atoms with Gasteiger partial charge in [0, 0.05) is 42.2 Å². The smallest absolute Gasteiger partial charge is 0.252 e. The number of nitrogens with zero attached hydrogens (tertiary/aromatic N) is 2. The van der Waals surface area contributed by atoms with E-state index in [1.54, 1.807) is 12.3 Å². The van der Waals surface area contributed by atoms with Crippen molar-refractivity contribution in [1.29, 1.82) is 0 Å². The molecule has 5 nitrogen and oxygen atoms in total. The summed E-state index contributed by atoms with van der Waals surface area (Å²) in [6, 6.07) is 9.46. The number of aryl methyl sites for hydroxylation is 1. The molecule has 0 aliphatic heterocycles. The van der Waals surface area contributed by atoms with Gasteiger partial charge in [0.15, 0.2) is 0 Å². The van der Waals surface area contributed by atoms with Crippen LogP contribution in [0.15, 0.2) is 53.4 Å². The molecule has 3 rings (SSSR count). The number of rotatable bonds is 4. The number of nitrogens with one attached hydrogen (secondary N) is 1. The van der Waals surface area contributed by atoms with Crippen molar-refractivity contribution in [3.8, 4) is 0 Å². The SMILES string of the molecule is Cn1ccc2cc(C(O)CNC(=O)c3cncc(Br)c3)ccc21. The average molecular weight is 374 g/mol. The van der Waals surface area contributed by atoms with Gasteiger partial charge in [-0.15, -0.1) is 0 Å². The quantitative estimate of drug-likeness (QED) is 0.738. The van der Waals surface area contributed by atoms with Gasteiger partial charge in [-0.05, 0) is 51.1 Å². The van der Waals surface area contributed by atoms with Gasteiger partial charge in [0.2, 0.25) is 0 Å². The summed E-state index contributed by atoms with van der Waals surface area (Å²) in [5.41, 5.74) is 2.33. The standard InChI is InChI=1S/C17H16BrN3O2/c1-21-5-4-11-6-12(2-3-15(11)21)16(22)10-20-17(23)13-7-14(18)9-19-8-13/h2-9,16,22H,10H2,1H3,(H,20,23). The van der Waals surface area contributed by atoms with Gasteiger partial charge in [0.1, 0.15) is 0 Å². The maximum absolute atomic E-state index is 12.1. The van der Waals surface area contributed by atoms with Crippen LogP contribution in [0.1, 0.15) is 22.0 Å². The summed E-state index contributed by atoms with van der Waals surface area (Å²) in [5.74, 6) is -0.265. The minimum Gasteiger partial charge on any atom is -0.387 e. The van der Waals surface area contributed by atoms with Crippen molar-refractivity contribution in [2.75, 3.05) is 6.54 Å². The van der Waals surface area contributed by atoms with Crippen LogP contribution in [0.5, 0.6) is 0 Å². The van der Waals surface area contributed by atoms with E-state index >= 15 is 0 Å². The molecule has 2 heterocycles. The number of aliphatic hydroxyl groups excluding tert-OH is 1. The Morgan fingerprint density at radius 2 is 2.17 bits per heavy atom. The molecule has 6 heteroatoms. The number of pyridine rings is 1. The van der Waals surface area contributed by atoms with Crippen LogP contribution in [-0.2, 0) is 7.05 Å². The molecule has 0 saturated heterocycles. The van der Waals surface area contributed by atoms with E-state index in [9.17, 15) is 9.90 Å². The number of fused-ring (bicyclic) bond motifs is 1. The lowest BCUT2D eigenvalue weighted by Gasteiger charge is -2.13. The van der Waals surface area contributed by atoms with E-state index in [2.05, 4.69) is 26.2 Å². The number of hydrogen-bond donors (Lipinski definition) is 2. The zero-order chi connectivity index (χ0) is 16.4. The third-order valence-electron chi connectivity index (χ3n) is 3.72. The van der Waals surface area contributed by atoms with E-state index in [-0.39, 0.29) is 12.5 Å². The Bertz CT molecular complexity index is 860. The van der Waals surface area contributed by atoms with Crippen molar-refractivity contribution in [1.82, 2.24) is 14.9 Å². The minimum absolute atomic E-state index is 0.143. The number of amides is 1. The lowest BCUT2D eigenvalue weighted by molar-refractivity contribution is 0.0916. The van der Waals surface area contributed by atoms with Gasteiger partial charge >= 0.3 is 0 Å². The number of carbonyl (C=O) groups excluding carboxylic acids is 1. The first-order chi connectivity index (χ1) is 11.0. The molecule has 0 fully saturated rings. The third kappa shape index (κ3) is 3.43. The average Bonchev–Trinajstić information content (AvgIpc) is 2.93. The predicted octanol–water partition coefficient (Wildman–Crippen LogP) is 2.80. The molecule has 1 amide bonds. The zero-order valence-electron chi connectivity index (χ0n) is 12.5. The maximum Gasteiger partial charge on any atom is 0.252 e. The lowest BCUT2D eigenvalue weighted by Crippen LogP contribution is -2.28. The van der Waals surface area contributed by atoms with E-state index in [1.165, 1.54) is 6.20 Å². The molecule has 0 saturated carbocycles. The molecule has 0 aliphatic rings. The van der Waals surface area contributed by atoms with Gasteiger partial charge in [-0.25, -0.2) is 0 Å². The fourth-order valence-electron chi connectivity index (χ4n) is 2.45. The van der Waals surface area contributed by atoms with E-state index < -0.39 is 6.10 Å². The summed E-state index contributed by atoms with van der Waals surface area (Å²) in [5, 5.41) is 14.1. The lowest BCUT2D eigenvalue weighted by atomic mass is 10.1. The second-order valence-electron chi connectivity index (χ2n) is 5.36. The molecular weight excluding hydrogens is 358 g/mol. The summed E-state index contributed by atoms with van der Waals surface area (Å²) >= 11 is 3.28. The van der Waals surface area contributed by atoms with Gasteiger partial charge in [-0.3, -0.25) is 9.78 Å². The van der Waals surface area contributed by atoms with E-state index in [0.717, 1.165) is 20.9 Å². The van der Waals surface area contributed by atoms with Crippen LogP contribution in [0.3, 0.4) is 0 Å². The molecule has 118 valence electrons. The summed E-state index contributed by atoms with van der Waals surface area (Å²) < 4.78 is 2.76. The molecule has 0 radical (unpaired) electrons. The third-order valence-corrected chi connectivity index (χ3v) is 4.15. The molecule has 0 bridgehead atoms. The van der Waals surface area contributed by atoms with E-state index in [4.69, 9.17) is 0 Å². The topological polar surface area (TPSA) is 67.2 Å². The fraction of sp³-hybridized carbons (Fsp3) is 0.176. The Balaban J connectivity index is 1.68. The van der Waals surface area contributed by atoms with Gasteiger partial charge < -0.3 is 15.0 Å². The van der Waals surface area contributed by atoms with Crippen molar-refractivity contribution >= 4 is 32.7 Å².